The maximum absolute atomic E-state index is 12.7. The number of H-pyrrole nitrogens is 1. The summed E-state index contributed by atoms with van der Waals surface area (Å²) in [5, 5.41) is 10.6. The van der Waals surface area contributed by atoms with Crippen molar-refractivity contribution in [1.82, 2.24) is 4.98 Å². The molecule has 0 saturated heterocycles. The minimum Gasteiger partial charge on any atom is -0.481 e. The van der Waals surface area contributed by atoms with E-state index >= 15 is 0 Å². The Kier molecular flexibility index (Phi) is 4.92. The zero-order chi connectivity index (χ0) is 19.8. The fraction of sp³-hybridized carbons (Fsp3) is 0.304. The van der Waals surface area contributed by atoms with Crippen LogP contribution in [0.5, 0.6) is 0 Å². The van der Waals surface area contributed by atoms with Crippen LogP contribution in [0, 0.1) is 6.92 Å². The number of carboxylic acids is 1. The molecule has 1 unspecified atom stereocenters. The standard InChI is InChI=1S/C23H25NO3/c1-14-5-10-20-17(11-14)19(13-24-20)18(22(26)27)12-21(25)15-6-8-16(9-7-15)23(2,3)4/h5-11,13,18,24H,12H2,1-4H3,(H,26,27). The first-order valence-corrected chi connectivity index (χ1v) is 9.11. The number of carbonyl (C=O) groups is 2. The van der Waals surface area contributed by atoms with Gasteiger partial charge in [-0.25, -0.2) is 0 Å². The fourth-order valence-corrected chi connectivity index (χ4v) is 3.33. The first-order chi connectivity index (χ1) is 12.7. The van der Waals surface area contributed by atoms with Gasteiger partial charge < -0.3 is 10.1 Å². The maximum atomic E-state index is 12.7. The van der Waals surface area contributed by atoms with E-state index in [0.717, 1.165) is 22.0 Å². The summed E-state index contributed by atoms with van der Waals surface area (Å²) in [6, 6.07) is 13.3. The number of rotatable bonds is 5. The summed E-state index contributed by atoms with van der Waals surface area (Å²) >= 11 is 0. The maximum Gasteiger partial charge on any atom is 0.311 e. The highest BCUT2D eigenvalue weighted by molar-refractivity contribution is 6.00. The number of Topliss-reactive ketones (excluding diaryl/α,β-unsaturated/α-hetero) is 1. The second kappa shape index (κ2) is 7.03. The number of aromatic nitrogens is 1. The SMILES string of the molecule is Cc1ccc2[nH]cc(C(CC(=O)c3ccc(C(C)(C)C)cc3)C(=O)O)c2c1. The summed E-state index contributed by atoms with van der Waals surface area (Å²) in [6.07, 6.45) is 1.64. The lowest BCUT2D eigenvalue weighted by molar-refractivity contribution is -0.138. The molecule has 27 heavy (non-hydrogen) atoms. The van der Waals surface area contributed by atoms with Gasteiger partial charge in [0.2, 0.25) is 0 Å². The van der Waals surface area contributed by atoms with E-state index in [1.54, 1.807) is 18.3 Å². The van der Waals surface area contributed by atoms with Gasteiger partial charge in [0, 0.05) is 29.1 Å². The molecule has 0 aliphatic carbocycles. The first kappa shape index (κ1) is 18.9. The molecule has 4 nitrogen and oxygen atoms in total. The van der Waals surface area contributed by atoms with E-state index in [9.17, 15) is 14.7 Å². The van der Waals surface area contributed by atoms with E-state index in [1.807, 2.05) is 37.3 Å². The minimum atomic E-state index is -0.989. The third kappa shape index (κ3) is 3.95. The van der Waals surface area contributed by atoms with Gasteiger partial charge in [-0.05, 0) is 35.6 Å². The van der Waals surface area contributed by atoms with Crippen LogP contribution in [0.15, 0.2) is 48.7 Å². The molecule has 1 atom stereocenters. The molecule has 0 spiro atoms. The van der Waals surface area contributed by atoms with Crippen molar-refractivity contribution in [1.29, 1.82) is 0 Å². The Morgan fingerprint density at radius 3 is 2.33 bits per heavy atom. The number of aromatic amines is 1. The van der Waals surface area contributed by atoms with Crippen LogP contribution in [0.4, 0.5) is 0 Å². The lowest BCUT2D eigenvalue weighted by Crippen LogP contribution is -2.16. The van der Waals surface area contributed by atoms with E-state index in [-0.39, 0.29) is 17.6 Å². The van der Waals surface area contributed by atoms with Crippen LogP contribution >= 0.6 is 0 Å². The van der Waals surface area contributed by atoms with Crippen LogP contribution in [0.3, 0.4) is 0 Å². The number of carbonyl (C=O) groups excluding carboxylic acids is 1. The molecular weight excluding hydrogens is 338 g/mol. The summed E-state index contributed by atoms with van der Waals surface area (Å²) in [5.74, 6) is -2.03. The summed E-state index contributed by atoms with van der Waals surface area (Å²) in [6.45, 7) is 8.31. The van der Waals surface area contributed by atoms with Crippen molar-refractivity contribution in [2.24, 2.45) is 0 Å². The number of hydrogen-bond donors (Lipinski definition) is 2. The smallest absolute Gasteiger partial charge is 0.311 e. The van der Waals surface area contributed by atoms with Crippen molar-refractivity contribution in [2.45, 2.75) is 45.4 Å². The highest BCUT2D eigenvalue weighted by atomic mass is 16.4. The Morgan fingerprint density at radius 1 is 1.07 bits per heavy atom. The predicted molar refractivity (Wildman–Crippen MR) is 108 cm³/mol. The van der Waals surface area contributed by atoms with Gasteiger partial charge in [0.1, 0.15) is 0 Å². The van der Waals surface area contributed by atoms with Crippen LogP contribution in [0.25, 0.3) is 10.9 Å². The lowest BCUT2D eigenvalue weighted by atomic mass is 9.85. The number of benzene rings is 2. The zero-order valence-corrected chi connectivity index (χ0v) is 16.2. The van der Waals surface area contributed by atoms with Crippen molar-refractivity contribution >= 4 is 22.7 Å². The van der Waals surface area contributed by atoms with Gasteiger partial charge in [0.15, 0.2) is 5.78 Å². The Hall–Kier alpha value is -2.88. The van der Waals surface area contributed by atoms with Crippen LogP contribution < -0.4 is 0 Å². The molecule has 3 rings (SSSR count). The average Bonchev–Trinajstić information content (AvgIpc) is 3.01. The number of hydrogen-bond acceptors (Lipinski definition) is 2. The first-order valence-electron chi connectivity index (χ1n) is 9.11. The Balaban J connectivity index is 1.89. The third-order valence-corrected chi connectivity index (χ3v) is 5.01. The number of carboxylic acid groups (broad SMARTS) is 1. The second-order valence-corrected chi connectivity index (χ2v) is 8.14. The molecule has 0 aliphatic heterocycles. The Labute approximate surface area is 159 Å². The fourth-order valence-electron chi connectivity index (χ4n) is 3.33. The van der Waals surface area contributed by atoms with Crippen molar-refractivity contribution in [3.05, 3.63) is 70.9 Å². The number of fused-ring (bicyclic) bond motifs is 1. The van der Waals surface area contributed by atoms with Crippen molar-refractivity contribution < 1.29 is 14.7 Å². The molecule has 2 N–H and O–H groups in total. The lowest BCUT2D eigenvalue weighted by Gasteiger charge is -2.19. The molecule has 3 aromatic rings. The van der Waals surface area contributed by atoms with Gasteiger partial charge in [-0.15, -0.1) is 0 Å². The molecular formula is C23H25NO3. The summed E-state index contributed by atoms with van der Waals surface area (Å²) < 4.78 is 0. The quantitative estimate of drug-likeness (QED) is 0.611. The van der Waals surface area contributed by atoms with Crippen LogP contribution in [0.2, 0.25) is 0 Å². The summed E-state index contributed by atoms with van der Waals surface area (Å²) in [5.41, 5.74) is 4.28. The Bertz CT molecular complexity index is 991. The molecule has 1 heterocycles. The molecule has 0 amide bonds. The molecule has 0 saturated carbocycles. The van der Waals surface area contributed by atoms with E-state index in [2.05, 4.69) is 25.8 Å². The van der Waals surface area contributed by atoms with E-state index < -0.39 is 11.9 Å². The Morgan fingerprint density at radius 2 is 1.74 bits per heavy atom. The highest BCUT2D eigenvalue weighted by Gasteiger charge is 2.26. The van der Waals surface area contributed by atoms with Crippen molar-refractivity contribution in [2.75, 3.05) is 0 Å². The summed E-state index contributed by atoms with van der Waals surface area (Å²) in [4.78, 5) is 27.8. The van der Waals surface area contributed by atoms with Crippen molar-refractivity contribution in [3.63, 3.8) is 0 Å². The predicted octanol–water partition coefficient (Wildman–Crippen LogP) is 5.22. The van der Waals surface area contributed by atoms with Gasteiger partial charge >= 0.3 is 5.97 Å². The largest absolute Gasteiger partial charge is 0.481 e. The number of aryl methyl sites for hydroxylation is 1. The second-order valence-electron chi connectivity index (χ2n) is 8.14. The number of ketones is 1. The molecule has 0 fully saturated rings. The molecule has 4 heteroatoms. The molecule has 140 valence electrons. The summed E-state index contributed by atoms with van der Waals surface area (Å²) in [7, 11) is 0. The van der Waals surface area contributed by atoms with Crippen LogP contribution in [0.1, 0.15) is 60.2 Å². The zero-order valence-electron chi connectivity index (χ0n) is 16.2. The molecule has 2 aromatic carbocycles. The molecule has 0 bridgehead atoms. The minimum absolute atomic E-state index is 0.00702. The van der Waals surface area contributed by atoms with Gasteiger partial charge in [0.05, 0.1) is 5.92 Å². The topological polar surface area (TPSA) is 70.2 Å². The van der Waals surface area contributed by atoms with Crippen LogP contribution in [-0.2, 0) is 10.2 Å². The molecule has 0 aliphatic rings. The van der Waals surface area contributed by atoms with Crippen LogP contribution in [-0.4, -0.2) is 21.8 Å². The van der Waals surface area contributed by atoms with Gasteiger partial charge in [-0.2, -0.15) is 0 Å². The average molecular weight is 363 g/mol. The third-order valence-electron chi connectivity index (χ3n) is 5.01. The highest BCUT2D eigenvalue weighted by Crippen LogP contribution is 2.30. The van der Waals surface area contributed by atoms with Gasteiger partial charge in [-0.1, -0.05) is 56.7 Å². The number of aliphatic carboxylic acids is 1. The van der Waals surface area contributed by atoms with Gasteiger partial charge in [0.25, 0.3) is 0 Å². The molecule has 0 radical (unpaired) electrons. The normalized spacial score (nSPS) is 12.9. The number of nitrogens with one attached hydrogen (secondary N) is 1. The van der Waals surface area contributed by atoms with Crippen molar-refractivity contribution in [3.8, 4) is 0 Å². The molecule has 1 aromatic heterocycles. The monoisotopic (exact) mass is 363 g/mol. The van der Waals surface area contributed by atoms with E-state index in [4.69, 9.17) is 0 Å². The van der Waals surface area contributed by atoms with Gasteiger partial charge in [-0.3, -0.25) is 9.59 Å². The van der Waals surface area contributed by atoms with E-state index in [0.29, 0.717) is 11.1 Å². The van der Waals surface area contributed by atoms with E-state index in [1.165, 1.54) is 0 Å².